The van der Waals surface area contributed by atoms with Crippen molar-refractivity contribution in [3.63, 3.8) is 0 Å². The summed E-state index contributed by atoms with van der Waals surface area (Å²) >= 11 is 0. The van der Waals surface area contributed by atoms with Crippen molar-refractivity contribution in [1.29, 1.82) is 0 Å². The molecule has 3 atom stereocenters. The molecule has 2 N–H and O–H groups in total. The van der Waals surface area contributed by atoms with Crippen molar-refractivity contribution in [3.8, 4) is 0 Å². The zero-order valence-corrected chi connectivity index (χ0v) is 13.5. The first-order valence-electron chi connectivity index (χ1n) is 8.47. The number of pyridine rings is 1. The van der Waals surface area contributed by atoms with Gasteiger partial charge in [-0.05, 0) is 12.5 Å². The van der Waals surface area contributed by atoms with Gasteiger partial charge in [0.2, 0.25) is 0 Å². The van der Waals surface area contributed by atoms with E-state index in [-0.39, 0.29) is 30.0 Å². The summed E-state index contributed by atoms with van der Waals surface area (Å²) in [7, 11) is 0. The van der Waals surface area contributed by atoms with E-state index in [0.29, 0.717) is 0 Å². The number of fused-ring (bicyclic) bond motifs is 5. The molecule has 3 aromatic rings. The van der Waals surface area contributed by atoms with Crippen LogP contribution in [0.25, 0.3) is 11.0 Å². The number of nitrogens with one attached hydrogen (secondary N) is 1. The van der Waals surface area contributed by atoms with Crippen molar-refractivity contribution < 1.29 is 5.11 Å². The third kappa shape index (κ3) is 2.10. The molecule has 3 aromatic heterocycles. The zero-order chi connectivity index (χ0) is 17.0. The topological polar surface area (TPSA) is 99.9 Å². The number of aromatic amines is 1. The highest BCUT2D eigenvalue weighted by atomic mass is 16.3. The fourth-order valence-electron chi connectivity index (χ4n) is 4.45. The molecule has 0 radical (unpaired) electrons. The van der Waals surface area contributed by atoms with Gasteiger partial charge in [0.15, 0.2) is 5.65 Å². The van der Waals surface area contributed by atoms with Gasteiger partial charge in [-0.15, -0.1) is 0 Å². The maximum atomic E-state index is 12.4. The first-order chi connectivity index (χ1) is 12.3. The third-order valence-electron chi connectivity index (χ3n) is 5.51. The minimum atomic E-state index is -0.190. The molecular formula is C17H18N6O2. The summed E-state index contributed by atoms with van der Waals surface area (Å²) in [5.74, 6) is 1.30. The van der Waals surface area contributed by atoms with Gasteiger partial charge in [-0.3, -0.25) is 9.89 Å². The van der Waals surface area contributed by atoms with Crippen molar-refractivity contribution in [1.82, 2.24) is 24.7 Å². The number of nitrogens with zero attached hydrogens (tertiary/aromatic N) is 5. The molecule has 0 spiro atoms. The fraction of sp³-hybridized carbons (Fsp3) is 0.412. The normalized spacial score (nSPS) is 25.2. The van der Waals surface area contributed by atoms with E-state index in [1.165, 1.54) is 0 Å². The van der Waals surface area contributed by atoms with Gasteiger partial charge in [0.25, 0.3) is 5.56 Å². The lowest BCUT2D eigenvalue weighted by Gasteiger charge is -2.46. The van der Waals surface area contributed by atoms with Crippen LogP contribution in [0.3, 0.4) is 0 Å². The Morgan fingerprint density at radius 3 is 3.08 bits per heavy atom. The quantitative estimate of drug-likeness (QED) is 0.712. The van der Waals surface area contributed by atoms with E-state index in [9.17, 15) is 9.90 Å². The molecule has 25 heavy (non-hydrogen) atoms. The van der Waals surface area contributed by atoms with E-state index < -0.39 is 0 Å². The van der Waals surface area contributed by atoms with Crippen LogP contribution in [-0.2, 0) is 0 Å². The predicted molar refractivity (Wildman–Crippen MR) is 91.6 cm³/mol. The molecule has 8 heteroatoms. The van der Waals surface area contributed by atoms with E-state index in [1.807, 2.05) is 6.07 Å². The molecule has 128 valence electrons. The van der Waals surface area contributed by atoms with E-state index in [1.54, 1.807) is 29.2 Å². The lowest BCUT2D eigenvalue weighted by molar-refractivity contribution is 0.132. The highest BCUT2D eigenvalue weighted by molar-refractivity contribution is 5.86. The Labute approximate surface area is 143 Å². The van der Waals surface area contributed by atoms with Gasteiger partial charge < -0.3 is 14.6 Å². The molecule has 0 amide bonds. The largest absolute Gasteiger partial charge is 0.394 e. The zero-order valence-electron chi connectivity index (χ0n) is 13.5. The molecule has 0 saturated carbocycles. The number of aliphatic hydroxyl groups is 1. The van der Waals surface area contributed by atoms with Crippen LogP contribution in [0.1, 0.15) is 24.1 Å². The Morgan fingerprint density at radius 2 is 2.20 bits per heavy atom. The van der Waals surface area contributed by atoms with Gasteiger partial charge in [0.05, 0.1) is 24.2 Å². The standard InChI is InChI=1S/C17H18N6O2/c24-8-14-11-4-10(13-2-1-3-15(25)23(13)14)6-22(7-11)17-12-5-20-21-16(12)18-9-19-17/h1-3,5,9-11,14,24H,4,6-8H2,(H,18,19,20,21)/t10-,11+,14+/m1/s1. The molecule has 5 heterocycles. The van der Waals surface area contributed by atoms with Gasteiger partial charge >= 0.3 is 0 Å². The highest BCUT2D eigenvalue weighted by Crippen LogP contribution is 2.42. The van der Waals surface area contributed by atoms with Crippen LogP contribution in [-0.4, -0.2) is 49.5 Å². The highest BCUT2D eigenvalue weighted by Gasteiger charge is 2.40. The molecule has 2 bridgehead atoms. The maximum Gasteiger partial charge on any atom is 0.251 e. The summed E-state index contributed by atoms with van der Waals surface area (Å²) in [5, 5.41) is 17.8. The first kappa shape index (κ1) is 14.6. The Kier molecular flexibility index (Phi) is 3.14. The molecule has 2 aliphatic heterocycles. The number of rotatable bonds is 2. The Morgan fingerprint density at radius 1 is 1.28 bits per heavy atom. The molecule has 1 fully saturated rings. The number of H-pyrrole nitrogens is 1. The first-order valence-corrected chi connectivity index (χ1v) is 8.47. The van der Waals surface area contributed by atoms with Crippen LogP contribution in [0, 0.1) is 5.92 Å². The van der Waals surface area contributed by atoms with Crippen LogP contribution >= 0.6 is 0 Å². The second-order valence-corrected chi connectivity index (χ2v) is 6.84. The second-order valence-electron chi connectivity index (χ2n) is 6.84. The molecule has 5 rings (SSSR count). The summed E-state index contributed by atoms with van der Waals surface area (Å²) < 4.78 is 1.80. The molecule has 2 aliphatic rings. The number of aromatic nitrogens is 5. The summed E-state index contributed by atoms with van der Waals surface area (Å²) in [6, 6.07) is 5.19. The van der Waals surface area contributed by atoms with E-state index in [0.717, 1.165) is 42.1 Å². The summed E-state index contributed by atoms with van der Waals surface area (Å²) in [6.45, 7) is 1.50. The predicted octanol–water partition coefficient (Wildman–Crippen LogP) is 0.672. The molecule has 0 unspecified atom stereocenters. The molecular weight excluding hydrogens is 320 g/mol. The third-order valence-corrected chi connectivity index (χ3v) is 5.51. The summed E-state index contributed by atoms with van der Waals surface area (Å²) in [5.41, 5.74) is 1.69. The van der Waals surface area contributed by atoms with Gasteiger partial charge in [-0.25, -0.2) is 9.97 Å². The average Bonchev–Trinajstić information content (AvgIpc) is 3.11. The lowest BCUT2D eigenvalue weighted by atomic mass is 9.78. The van der Waals surface area contributed by atoms with Crippen molar-refractivity contribution >= 4 is 16.9 Å². The van der Waals surface area contributed by atoms with Crippen LogP contribution in [0.5, 0.6) is 0 Å². The van der Waals surface area contributed by atoms with Crippen LogP contribution in [0.2, 0.25) is 0 Å². The van der Waals surface area contributed by atoms with Crippen LogP contribution < -0.4 is 10.5 Å². The van der Waals surface area contributed by atoms with Gasteiger partial charge in [-0.1, -0.05) is 6.07 Å². The maximum absolute atomic E-state index is 12.4. The van der Waals surface area contributed by atoms with E-state index in [4.69, 9.17) is 0 Å². The summed E-state index contributed by atoms with van der Waals surface area (Å²) in [4.78, 5) is 23.3. The van der Waals surface area contributed by atoms with Crippen molar-refractivity contribution in [2.24, 2.45) is 5.92 Å². The van der Waals surface area contributed by atoms with Crippen LogP contribution in [0.4, 0.5) is 5.82 Å². The Balaban J connectivity index is 1.61. The molecule has 1 saturated heterocycles. The van der Waals surface area contributed by atoms with Gasteiger partial charge in [-0.2, -0.15) is 5.10 Å². The molecule has 0 aromatic carbocycles. The van der Waals surface area contributed by atoms with E-state index >= 15 is 0 Å². The fourth-order valence-corrected chi connectivity index (χ4v) is 4.45. The Hall–Kier alpha value is -2.74. The van der Waals surface area contributed by atoms with Crippen molar-refractivity contribution in [2.45, 2.75) is 18.4 Å². The smallest absolute Gasteiger partial charge is 0.251 e. The summed E-state index contributed by atoms with van der Waals surface area (Å²) in [6.07, 6.45) is 4.27. The van der Waals surface area contributed by atoms with Crippen molar-refractivity contribution in [3.05, 3.63) is 46.8 Å². The number of hydrogen-bond donors (Lipinski definition) is 2. The number of piperidine rings is 1. The lowest BCUT2D eigenvalue weighted by Crippen LogP contribution is -2.50. The van der Waals surface area contributed by atoms with E-state index in [2.05, 4.69) is 25.1 Å². The monoisotopic (exact) mass is 338 g/mol. The second kappa shape index (κ2) is 5.38. The number of aliphatic hydroxyl groups excluding tert-OH is 1. The van der Waals surface area contributed by atoms with Gasteiger partial charge in [0, 0.05) is 36.7 Å². The minimum Gasteiger partial charge on any atom is -0.394 e. The number of anilines is 1. The van der Waals surface area contributed by atoms with Crippen LogP contribution in [0.15, 0.2) is 35.5 Å². The molecule has 0 aliphatic carbocycles. The van der Waals surface area contributed by atoms with Gasteiger partial charge in [0.1, 0.15) is 12.1 Å². The van der Waals surface area contributed by atoms with Crippen molar-refractivity contribution in [2.75, 3.05) is 24.6 Å². The Bertz CT molecular complexity index is 996. The molecule has 8 nitrogen and oxygen atoms in total. The number of hydrogen-bond acceptors (Lipinski definition) is 6. The minimum absolute atomic E-state index is 0.0287. The average molecular weight is 338 g/mol. The SMILES string of the molecule is O=c1cccc2n1[C@@H](CO)[C@H]1C[C@@H]2CN(c2ncnc3[nH]ncc23)C1.